The Morgan fingerprint density at radius 2 is 2.00 bits per heavy atom. The maximum Gasteiger partial charge on any atom is 0.261 e. The topological polar surface area (TPSA) is 58.2 Å². The molecule has 0 aromatic heterocycles. The van der Waals surface area contributed by atoms with Crippen LogP contribution in [0.1, 0.15) is 11.1 Å². The van der Waals surface area contributed by atoms with Gasteiger partial charge in [-0.25, -0.2) is 8.42 Å². The third kappa shape index (κ3) is 3.06. The largest absolute Gasteiger partial charge is 0.384 e. The van der Waals surface area contributed by atoms with Gasteiger partial charge in [-0.2, -0.15) is 0 Å². The van der Waals surface area contributed by atoms with Crippen molar-refractivity contribution in [2.75, 3.05) is 16.6 Å². The molecule has 0 fully saturated rings. The van der Waals surface area contributed by atoms with Gasteiger partial charge in [0.15, 0.2) is 0 Å². The number of hydrogen-bond donors (Lipinski definition) is 2. The highest BCUT2D eigenvalue weighted by Gasteiger charge is 2.18. The van der Waals surface area contributed by atoms with E-state index in [9.17, 15) is 8.42 Å². The van der Waals surface area contributed by atoms with E-state index in [4.69, 9.17) is 0 Å². The predicted molar refractivity (Wildman–Crippen MR) is 88.3 cm³/mol. The van der Waals surface area contributed by atoms with Gasteiger partial charge in [0, 0.05) is 16.7 Å². The van der Waals surface area contributed by atoms with E-state index in [1.54, 1.807) is 24.3 Å². The molecule has 4 nitrogen and oxygen atoms in total. The van der Waals surface area contributed by atoms with Crippen LogP contribution in [0.5, 0.6) is 0 Å². The van der Waals surface area contributed by atoms with Gasteiger partial charge in [-0.15, -0.1) is 0 Å². The van der Waals surface area contributed by atoms with Crippen molar-refractivity contribution < 1.29 is 8.42 Å². The summed E-state index contributed by atoms with van der Waals surface area (Å²) >= 11 is 3.37. The molecule has 110 valence electrons. The molecule has 0 atom stereocenters. The van der Waals surface area contributed by atoms with Crippen LogP contribution in [0.25, 0.3) is 0 Å². The lowest BCUT2D eigenvalue weighted by molar-refractivity contribution is 0.601. The van der Waals surface area contributed by atoms with E-state index in [0.717, 1.165) is 34.3 Å². The lowest BCUT2D eigenvalue weighted by Gasteiger charge is -2.10. The molecule has 3 rings (SSSR count). The van der Waals surface area contributed by atoms with Crippen LogP contribution < -0.4 is 10.0 Å². The Bertz CT molecular complexity index is 783. The van der Waals surface area contributed by atoms with Crippen LogP contribution in [-0.4, -0.2) is 15.0 Å². The van der Waals surface area contributed by atoms with Crippen molar-refractivity contribution in [1.29, 1.82) is 0 Å². The van der Waals surface area contributed by atoms with Crippen LogP contribution in [-0.2, 0) is 16.4 Å². The van der Waals surface area contributed by atoms with Crippen molar-refractivity contribution in [1.82, 2.24) is 0 Å². The van der Waals surface area contributed by atoms with E-state index in [2.05, 4.69) is 26.0 Å². The number of halogens is 1. The first-order chi connectivity index (χ1) is 9.94. The second-order valence-corrected chi connectivity index (χ2v) is 7.72. The number of rotatable bonds is 3. The minimum atomic E-state index is -3.58. The lowest BCUT2D eigenvalue weighted by Crippen LogP contribution is -2.13. The van der Waals surface area contributed by atoms with E-state index >= 15 is 0 Å². The molecule has 2 aromatic rings. The summed E-state index contributed by atoms with van der Waals surface area (Å²) in [6, 6.07) is 10.7. The van der Waals surface area contributed by atoms with Gasteiger partial charge >= 0.3 is 0 Å². The first-order valence-electron chi connectivity index (χ1n) is 6.61. The number of anilines is 2. The summed E-state index contributed by atoms with van der Waals surface area (Å²) in [6.45, 7) is 2.78. The number of fused-ring (bicyclic) bond motifs is 1. The number of benzene rings is 2. The van der Waals surface area contributed by atoms with Crippen LogP contribution in [0.3, 0.4) is 0 Å². The summed E-state index contributed by atoms with van der Waals surface area (Å²) in [7, 11) is -3.58. The van der Waals surface area contributed by atoms with Gasteiger partial charge < -0.3 is 5.32 Å². The van der Waals surface area contributed by atoms with Crippen LogP contribution >= 0.6 is 15.9 Å². The minimum Gasteiger partial charge on any atom is -0.384 e. The maximum atomic E-state index is 12.5. The van der Waals surface area contributed by atoms with E-state index in [-0.39, 0.29) is 4.90 Å². The average Bonchev–Trinajstić information content (AvgIpc) is 2.83. The number of aryl methyl sites for hydroxylation is 1. The molecule has 1 heterocycles. The standard InChI is InChI=1S/C15H15BrN2O2S/c1-10-6-12(16)8-13(7-10)18-21(19,20)14-3-2-11-4-5-17-15(11)9-14/h2-3,6-9,17-18H,4-5H2,1H3. The molecule has 0 saturated carbocycles. The fourth-order valence-corrected chi connectivity index (χ4v) is 4.12. The van der Waals surface area contributed by atoms with Crippen LogP contribution in [0, 0.1) is 6.92 Å². The summed E-state index contributed by atoms with van der Waals surface area (Å²) in [6.07, 6.45) is 0.938. The third-order valence-electron chi connectivity index (χ3n) is 3.40. The molecule has 0 bridgehead atoms. The molecule has 1 aliphatic heterocycles. The zero-order valence-electron chi connectivity index (χ0n) is 11.5. The molecule has 6 heteroatoms. The molecule has 0 spiro atoms. The van der Waals surface area contributed by atoms with Crippen molar-refractivity contribution in [3.8, 4) is 0 Å². The monoisotopic (exact) mass is 366 g/mol. The SMILES string of the molecule is Cc1cc(Br)cc(NS(=O)(=O)c2ccc3c(c2)NCC3)c1. The van der Waals surface area contributed by atoms with Crippen molar-refractivity contribution >= 4 is 37.3 Å². The predicted octanol–water partition coefficient (Wildman–Crippen LogP) is 3.53. The van der Waals surface area contributed by atoms with Gasteiger partial charge in [0.2, 0.25) is 0 Å². The van der Waals surface area contributed by atoms with Gasteiger partial charge in [-0.05, 0) is 54.8 Å². The van der Waals surface area contributed by atoms with Gasteiger partial charge in [-0.1, -0.05) is 22.0 Å². The molecule has 0 amide bonds. The number of sulfonamides is 1. The van der Waals surface area contributed by atoms with Crippen molar-refractivity contribution in [3.63, 3.8) is 0 Å². The number of nitrogens with one attached hydrogen (secondary N) is 2. The lowest BCUT2D eigenvalue weighted by atomic mass is 10.2. The summed E-state index contributed by atoms with van der Waals surface area (Å²) in [4.78, 5) is 0.272. The highest BCUT2D eigenvalue weighted by molar-refractivity contribution is 9.10. The Balaban J connectivity index is 1.93. The Morgan fingerprint density at radius 3 is 2.76 bits per heavy atom. The highest BCUT2D eigenvalue weighted by atomic mass is 79.9. The van der Waals surface area contributed by atoms with Gasteiger partial charge in [0.25, 0.3) is 10.0 Å². The first kappa shape index (κ1) is 14.4. The van der Waals surface area contributed by atoms with Crippen LogP contribution in [0.15, 0.2) is 45.8 Å². The zero-order valence-corrected chi connectivity index (χ0v) is 13.9. The minimum absolute atomic E-state index is 0.272. The molecule has 2 N–H and O–H groups in total. The zero-order chi connectivity index (χ0) is 15.0. The molecule has 21 heavy (non-hydrogen) atoms. The molecule has 2 aromatic carbocycles. The molecular weight excluding hydrogens is 352 g/mol. The van der Waals surface area contributed by atoms with Crippen molar-refractivity contribution in [2.24, 2.45) is 0 Å². The molecule has 1 aliphatic rings. The third-order valence-corrected chi connectivity index (χ3v) is 5.23. The van der Waals surface area contributed by atoms with Crippen LogP contribution in [0.2, 0.25) is 0 Å². The summed E-state index contributed by atoms with van der Waals surface area (Å²) in [5.41, 5.74) is 3.60. The fraction of sp³-hybridized carbons (Fsp3) is 0.200. The highest BCUT2D eigenvalue weighted by Crippen LogP contribution is 2.27. The van der Waals surface area contributed by atoms with Gasteiger partial charge in [-0.3, -0.25) is 4.72 Å². The van der Waals surface area contributed by atoms with E-state index < -0.39 is 10.0 Å². The second kappa shape index (κ2) is 5.35. The van der Waals surface area contributed by atoms with E-state index in [1.165, 1.54) is 0 Å². The Morgan fingerprint density at radius 1 is 1.19 bits per heavy atom. The molecular formula is C15H15BrN2O2S. The van der Waals surface area contributed by atoms with E-state index in [0.29, 0.717) is 5.69 Å². The molecule has 0 saturated heterocycles. The normalized spacial score (nSPS) is 13.6. The fourth-order valence-electron chi connectivity index (χ4n) is 2.45. The van der Waals surface area contributed by atoms with Gasteiger partial charge in [0.05, 0.1) is 10.6 Å². The van der Waals surface area contributed by atoms with Crippen molar-refractivity contribution in [2.45, 2.75) is 18.2 Å². The van der Waals surface area contributed by atoms with Crippen molar-refractivity contribution in [3.05, 3.63) is 52.0 Å². The maximum absolute atomic E-state index is 12.5. The Labute approximate surface area is 132 Å². The molecule has 0 radical (unpaired) electrons. The molecule has 0 aliphatic carbocycles. The Kier molecular flexibility index (Phi) is 3.67. The summed E-state index contributed by atoms with van der Waals surface area (Å²) < 4.78 is 28.4. The quantitative estimate of drug-likeness (QED) is 0.873. The Hall–Kier alpha value is -1.53. The molecule has 0 unspecified atom stereocenters. The number of hydrogen-bond acceptors (Lipinski definition) is 3. The summed E-state index contributed by atoms with van der Waals surface area (Å²) in [5.74, 6) is 0. The smallest absolute Gasteiger partial charge is 0.261 e. The van der Waals surface area contributed by atoms with Gasteiger partial charge in [0.1, 0.15) is 0 Å². The first-order valence-corrected chi connectivity index (χ1v) is 8.88. The second-order valence-electron chi connectivity index (χ2n) is 5.12. The summed E-state index contributed by atoms with van der Waals surface area (Å²) in [5, 5.41) is 3.19. The average molecular weight is 367 g/mol. The van der Waals surface area contributed by atoms with E-state index in [1.807, 2.05) is 19.1 Å². The van der Waals surface area contributed by atoms with Crippen LogP contribution in [0.4, 0.5) is 11.4 Å².